The number of para-hydroxylation sites is 1. The molecule has 0 radical (unpaired) electrons. The van der Waals surface area contributed by atoms with Crippen LogP contribution in [0.25, 0.3) is 6.08 Å². The Hall–Kier alpha value is -2.28. The Morgan fingerprint density at radius 1 is 1.42 bits per heavy atom. The third-order valence-electron chi connectivity index (χ3n) is 2.20. The lowest BCUT2D eigenvalue weighted by molar-refractivity contribution is -0.142. The molecule has 0 aliphatic carbocycles. The molecule has 0 aromatic heterocycles. The van der Waals surface area contributed by atoms with E-state index in [9.17, 15) is 4.79 Å². The van der Waals surface area contributed by atoms with E-state index < -0.39 is 5.97 Å². The van der Waals surface area contributed by atoms with Gasteiger partial charge in [-0.05, 0) is 32.9 Å². The van der Waals surface area contributed by atoms with Gasteiger partial charge in [0.2, 0.25) is 0 Å². The Balaban J connectivity index is 3.05. The molecule has 0 aliphatic rings. The average molecular weight is 259 g/mol. The van der Waals surface area contributed by atoms with Gasteiger partial charge in [-0.3, -0.25) is 0 Å². The Kier molecular flexibility index (Phi) is 5.62. The summed E-state index contributed by atoms with van der Waals surface area (Å²) in [5, 5.41) is 9.03. The molecular formula is C15H17NO3. The molecule has 0 N–H and O–H groups in total. The molecule has 1 rings (SSSR count). The van der Waals surface area contributed by atoms with Gasteiger partial charge in [0.25, 0.3) is 0 Å². The molecular weight excluding hydrogens is 242 g/mol. The van der Waals surface area contributed by atoms with Crippen LogP contribution in [0.3, 0.4) is 0 Å². The predicted molar refractivity (Wildman–Crippen MR) is 72.4 cm³/mol. The highest BCUT2D eigenvalue weighted by atomic mass is 16.5. The Morgan fingerprint density at radius 2 is 2.11 bits per heavy atom. The van der Waals surface area contributed by atoms with Crippen LogP contribution in [0.1, 0.15) is 26.3 Å². The second kappa shape index (κ2) is 7.22. The number of carbonyl (C=O) groups excluding carboxylic acids is 1. The second-order valence-electron chi connectivity index (χ2n) is 4.09. The molecule has 0 unspecified atom stereocenters. The lowest BCUT2D eigenvalue weighted by atomic mass is 10.1. The standard InChI is InChI=1S/C15H17NO3/c1-4-18-14-8-6-5-7-12(14)9-13(10-16)15(17)19-11(2)3/h5-9,11H,4H2,1-3H3/b13-9-. The minimum Gasteiger partial charge on any atom is -0.493 e. The first kappa shape index (κ1) is 14.8. The molecule has 1 aromatic rings. The molecule has 4 nitrogen and oxygen atoms in total. The number of ether oxygens (including phenoxy) is 2. The number of nitrogens with zero attached hydrogens (tertiary/aromatic N) is 1. The Labute approximate surface area is 113 Å². The van der Waals surface area contributed by atoms with Gasteiger partial charge in [-0.2, -0.15) is 5.26 Å². The van der Waals surface area contributed by atoms with Crippen molar-refractivity contribution in [1.29, 1.82) is 5.26 Å². The van der Waals surface area contributed by atoms with Crippen molar-refractivity contribution in [2.45, 2.75) is 26.9 Å². The fourth-order valence-electron chi connectivity index (χ4n) is 1.46. The minimum absolute atomic E-state index is 0.0409. The summed E-state index contributed by atoms with van der Waals surface area (Å²) in [6, 6.07) is 9.08. The predicted octanol–water partition coefficient (Wildman–Crippen LogP) is 2.94. The molecule has 0 bridgehead atoms. The van der Waals surface area contributed by atoms with Gasteiger partial charge in [0.15, 0.2) is 0 Å². The zero-order valence-corrected chi connectivity index (χ0v) is 11.3. The van der Waals surface area contributed by atoms with Crippen molar-refractivity contribution in [2.24, 2.45) is 0 Å². The lowest BCUT2D eigenvalue weighted by Crippen LogP contribution is -2.12. The van der Waals surface area contributed by atoms with E-state index in [1.807, 2.05) is 25.1 Å². The maximum absolute atomic E-state index is 11.7. The number of esters is 1. The number of rotatable bonds is 5. The molecule has 0 aliphatic heterocycles. The van der Waals surface area contributed by atoms with E-state index in [1.165, 1.54) is 6.08 Å². The van der Waals surface area contributed by atoms with Crippen molar-refractivity contribution in [3.63, 3.8) is 0 Å². The van der Waals surface area contributed by atoms with Gasteiger partial charge < -0.3 is 9.47 Å². The maximum atomic E-state index is 11.7. The highest BCUT2D eigenvalue weighted by Gasteiger charge is 2.13. The third kappa shape index (κ3) is 4.47. The first-order chi connectivity index (χ1) is 9.08. The van der Waals surface area contributed by atoms with Crippen LogP contribution >= 0.6 is 0 Å². The van der Waals surface area contributed by atoms with Crippen LogP contribution in [-0.4, -0.2) is 18.7 Å². The summed E-state index contributed by atoms with van der Waals surface area (Å²) in [7, 11) is 0. The summed E-state index contributed by atoms with van der Waals surface area (Å²) in [5.41, 5.74) is 0.641. The molecule has 100 valence electrons. The number of carbonyl (C=O) groups is 1. The molecule has 1 aromatic carbocycles. The van der Waals surface area contributed by atoms with Gasteiger partial charge in [-0.15, -0.1) is 0 Å². The summed E-state index contributed by atoms with van der Waals surface area (Å²) >= 11 is 0. The van der Waals surface area contributed by atoms with Crippen LogP contribution in [0.2, 0.25) is 0 Å². The molecule has 0 atom stereocenters. The Bertz CT molecular complexity index is 512. The van der Waals surface area contributed by atoms with E-state index in [4.69, 9.17) is 14.7 Å². The van der Waals surface area contributed by atoms with Crippen LogP contribution in [0.4, 0.5) is 0 Å². The molecule has 0 saturated heterocycles. The monoisotopic (exact) mass is 259 g/mol. The topological polar surface area (TPSA) is 59.3 Å². The summed E-state index contributed by atoms with van der Waals surface area (Å²) in [5.74, 6) is 0.0129. The highest BCUT2D eigenvalue weighted by molar-refractivity contribution is 5.98. The quantitative estimate of drug-likeness (QED) is 0.463. The minimum atomic E-state index is -0.621. The lowest BCUT2D eigenvalue weighted by Gasteiger charge is -2.08. The van der Waals surface area contributed by atoms with Gasteiger partial charge in [-0.25, -0.2) is 4.79 Å². The van der Waals surface area contributed by atoms with E-state index in [1.54, 1.807) is 26.0 Å². The second-order valence-corrected chi connectivity index (χ2v) is 4.09. The summed E-state index contributed by atoms with van der Waals surface area (Å²) in [6.45, 7) is 5.87. The van der Waals surface area contributed by atoms with Gasteiger partial charge in [-0.1, -0.05) is 18.2 Å². The molecule has 0 fully saturated rings. The van der Waals surface area contributed by atoms with E-state index in [0.717, 1.165) is 0 Å². The SMILES string of the molecule is CCOc1ccccc1/C=C(/C#N)C(=O)OC(C)C. The van der Waals surface area contributed by atoms with E-state index in [2.05, 4.69) is 0 Å². The summed E-state index contributed by atoms with van der Waals surface area (Å²) in [4.78, 5) is 11.7. The summed E-state index contributed by atoms with van der Waals surface area (Å²) in [6.07, 6.45) is 1.22. The van der Waals surface area contributed by atoms with Crippen molar-refractivity contribution in [2.75, 3.05) is 6.61 Å². The van der Waals surface area contributed by atoms with Crippen LogP contribution in [0.15, 0.2) is 29.8 Å². The highest BCUT2D eigenvalue weighted by Crippen LogP contribution is 2.21. The molecule has 19 heavy (non-hydrogen) atoms. The van der Waals surface area contributed by atoms with Crippen molar-refractivity contribution in [3.05, 3.63) is 35.4 Å². The zero-order valence-electron chi connectivity index (χ0n) is 11.3. The van der Waals surface area contributed by atoms with E-state index >= 15 is 0 Å². The van der Waals surface area contributed by atoms with Crippen LogP contribution in [-0.2, 0) is 9.53 Å². The molecule has 0 spiro atoms. The average Bonchev–Trinajstić information content (AvgIpc) is 2.37. The van der Waals surface area contributed by atoms with E-state index in [0.29, 0.717) is 17.9 Å². The number of hydrogen-bond acceptors (Lipinski definition) is 4. The Morgan fingerprint density at radius 3 is 2.68 bits per heavy atom. The number of nitriles is 1. The van der Waals surface area contributed by atoms with Gasteiger partial charge in [0.1, 0.15) is 17.4 Å². The molecule has 0 heterocycles. The van der Waals surface area contributed by atoms with Crippen molar-refractivity contribution in [1.82, 2.24) is 0 Å². The van der Waals surface area contributed by atoms with Crippen molar-refractivity contribution < 1.29 is 14.3 Å². The molecule has 0 saturated carbocycles. The first-order valence-corrected chi connectivity index (χ1v) is 6.13. The van der Waals surface area contributed by atoms with Gasteiger partial charge in [0.05, 0.1) is 12.7 Å². The van der Waals surface area contributed by atoms with Crippen molar-refractivity contribution >= 4 is 12.0 Å². The molecule has 4 heteroatoms. The largest absolute Gasteiger partial charge is 0.493 e. The maximum Gasteiger partial charge on any atom is 0.349 e. The fraction of sp³-hybridized carbons (Fsp3) is 0.333. The smallest absolute Gasteiger partial charge is 0.349 e. The van der Waals surface area contributed by atoms with E-state index in [-0.39, 0.29) is 11.7 Å². The fourth-order valence-corrected chi connectivity index (χ4v) is 1.46. The zero-order chi connectivity index (χ0) is 14.3. The van der Waals surface area contributed by atoms with Gasteiger partial charge >= 0.3 is 5.97 Å². The third-order valence-corrected chi connectivity index (χ3v) is 2.20. The molecule has 0 amide bonds. The van der Waals surface area contributed by atoms with Gasteiger partial charge in [0, 0.05) is 5.56 Å². The van der Waals surface area contributed by atoms with Crippen LogP contribution < -0.4 is 4.74 Å². The normalized spacial score (nSPS) is 11.0. The number of hydrogen-bond donors (Lipinski definition) is 0. The van der Waals surface area contributed by atoms with Crippen LogP contribution in [0, 0.1) is 11.3 Å². The van der Waals surface area contributed by atoms with Crippen molar-refractivity contribution in [3.8, 4) is 11.8 Å². The number of benzene rings is 1. The first-order valence-electron chi connectivity index (χ1n) is 6.13. The van der Waals surface area contributed by atoms with Crippen LogP contribution in [0.5, 0.6) is 5.75 Å². The summed E-state index contributed by atoms with van der Waals surface area (Å²) < 4.78 is 10.4.